The Labute approximate surface area is 219 Å². The number of halogens is 6. The molecule has 2 N–H and O–H groups in total. The number of pyridine rings is 1. The molecule has 1 saturated carbocycles. The number of hydrogen-bond acceptors (Lipinski definition) is 3. The number of carbonyl (C=O) groups is 2. The van der Waals surface area contributed by atoms with Crippen molar-refractivity contribution in [3.05, 3.63) is 86.1 Å². The van der Waals surface area contributed by atoms with Gasteiger partial charge in [0.25, 0.3) is 5.91 Å². The summed E-state index contributed by atoms with van der Waals surface area (Å²) in [5.74, 6) is -2.15. The zero-order valence-corrected chi connectivity index (χ0v) is 20.9. The quantitative estimate of drug-likeness (QED) is 0.250. The molecule has 0 unspecified atom stereocenters. The molecule has 1 aliphatic carbocycles. The normalized spacial score (nSPS) is 18.5. The number of carbonyl (C=O) groups excluding carboxylic acids is 2. The Morgan fingerprint density at radius 1 is 0.848 bits per heavy atom. The van der Waals surface area contributed by atoms with Crippen LogP contribution in [-0.2, 0) is 4.79 Å². The van der Waals surface area contributed by atoms with Gasteiger partial charge in [0.2, 0.25) is 5.91 Å². The Bertz CT molecular complexity index is 1230. The number of nitrogens with one attached hydrogen (secondary N) is 2. The summed E-state index contributed by atoms with van der Waals surface area (Å²) < 4.78 is -1.33. The number of anilines is 2. The SMILES string of the molecule is O=C(Nc1ccc(Cl)nc1)c1cc(NC(=O)[C@H]2[C@H](c3cc(Cl)cc(Cl)c3)C2(Cl)Cl)ccc1Cl. The van der Waals surface area contributed by atoms with E-state index in [0.717, 1.165) is 0 Å². The average Bonchev–Trinajstić information content (AvgIpc) is 3.32. The van der Waals surface area contributed by atoms with Crippen LogP contribution in [0, 0.1) is 5.92 Å². The third kappa shape index (κ3) is 5.35. The van der Waals surface area contributed by atoms with E-state index >= 15 is 0 Å². The van der Waals surface area contributed by atoms with E-state index in [0.29, 0.717) is 32.1 Å². The molecule has 0 saturated heterocycles. The van der Waals surface area contributed by atoms with Crippen LogP contribution in [0.15, 0.2) is 54.7 Å². The lowest BCUT2D eigenvalue weighted by molar-refractivity contribution is -0.117. The summed E-state index contributed by atoms with van der Waals surface area (Å²) in [6.45, 7) is 0. The van der Waals surface area contributed by atoms with Crippen molar-refractivity contribution < 1.29 is 9.59 Å². The lowest BCUT2D eigenvalue weighted by atomic mass is 10.1. The molecule has 11 heteroatoms. The van der Waals surface area contributed by atoms with Crippen LogP contribution in [-0.4, -0.2) is 21.1 Å². The van der Waals surface area contributed by atoms with E-state index in [1.807, 2.05) is 0 Å². The van der Waals surface area contributed by atoms with Gasteiger partial charge in [-0.25, -0.2) is 4.98 Å². The van der Waals surface area contributed by atoms with Gasteiger partial charge < -0.3 is 10.6 Å². The van der Waals surface area contributed by atoms with Gasteiger partial charge in [-0.05, 0) is 54.1 Å². The molecular formula is C22H13Cl6N3O2. The molecule has 33 heavy (non-hydrogen) atoms. The first-order valence-electron chi connectivity index (χ1n) is 9.43. The maximum Gasteiger partial charge on any atom is 0.257 e. The Hall–Kier alpha value is -1.73. The minimum absolute atomic E-state index is 0.154. The van der Waals surface area contributed by atoms with Gasteiger partial charge in [-0.3, -0.25) is 9.59 Å². The van der Waals surface area contributed by atoms with Crippen LogP contribution in [0.3, 0.4) is 0 Å². The first-order valence-corrected chi connectivity index (χ1v) is 11.7. The highest BCUT2D eigenvalue weighted by Gasteiger charge is 2.67. The molecule has 2 atom stereocenters. The number of rotatable bonds is 5. The molecule has 4 rings (SSSR count). The van der Waals surface area contributed by atoms with Crippen molar-refractivity contribution in [1.29, 1.82) is 0 Å². The van der Waals surface area contributed by atoms with E-state index < -0.39 is 28.0 Å². The predicted molar refractivity (Wildman–Crippen MR) is 134 cm³/mol. The first kappa shape index (κ1) is 24.4. The average molecular weight is 564 g/mol. The minimum atomic E-state index is -1.33. The largest absolute Gasteiger partial charge is 0.326 e. The summed E-state index contributed by atoms with van der Waals surface area (Å²) in [7, 11) is 0. The van der Waals surface area contributed by atoms with Gasteiger partial charge in [0.15, 0.2) is 0 Å². The smallest absolute Gasteiger partial charge is 0.257 e. The van der Waals surface area contributed by atoms with Crippen LogP contribution >= 0.6 is 69.6 Å². The highest BCUT2D eigenvalue weighted by molar-refractivity contribution is 6.53. The summed E-state index contributed by atoms with van der Waals surface area (Å²) in [6, 6.07) is 12.6. The third-order valence-corrected chi connectivity index (χ3v) is 6.97. The minimum Gasteiger partial charge on any atom is -0.326 e. The molecule has 3 aromatic rings. The fourth-order valence-electron chi connectivity index (χ4n) is 3.47. The van der Waals surface area contributed by atoms with Crippen LogP contribution < -0.4 is 10.6 Å². The van der Waals surface area contributed by atoms with E-state index in [1.165, 1.54) is 18.3 Å². The number of alkyl halides is 2. The van der Waals surface area contributed by atoms with Crippen molar-refractivity contribution in [1.82, 2.24) is 4.98 Å². The fourth-order valence-corrected chi connectivity index (χ4v) is 5.15. The standard InChI is InChI=1S/C22H13Cl6N3O2/c23-11-5-10(6-12(24)7-11)18-19(22(18,27)28)21(33)30-13-1-3-16(25)15(8-13)20(32)31-14-2-4-17(26)29-9-14/h1-9,18-19H,(H,30,33)(H,31,32)/t18-,19+/m0/s1. The second kappa shape index (κ2) is 9.49. The highest BCUT2D eigenvalue weighted by Crippen LogP contribution is 2.65. The van der Waals surface area contributed by atoms with Crippen molar-refractivity contribution in [3.8, 4) is 0 Å². The monoisotopic (exact) mass is 561 g/mol. The first-order chi connectivity index (χ1) is 15.6. The zero-order chi connectivity index (χ0) is 23.9. The Morgan fingerprint density at radius 2 is 1.52 bits per heavy atom. The van der Waals surface area contributed by atoms with E-state index in [4.69, 9.17) is 69.6 Å². The van der Waals surface area contributed by atoms with Crippen molar-refractivity contribution in [2.45, 2.75) is 10.3 Å². The number of hydrogen-bond donors (Lipinski definition) is 2. The van der Waals surface area contributed by atoms with Gasteiger partial charge in [-0.1, -0.05) is 46.4 Å². The van der Waals surface area contributed by atoms with E-state index in [9.17, 15) is 9.59 Å². The molecule has 0 spiro atoms. The second-order valence-electron chi connectivity index (χ2n) is 7.34. The molecular weight excluding hydrogens is 551 g/mol. The predicted octanol–water partition coefficient (Wildman–Crippen LogP) is 7.47. The maximum atomic E-state index is 12.9. The van der Waals surface area contributed by atoms with Crippen LogP contribution in [0.4, 0.5) is 11.4 Å². The number of nitrogens with zero attached hydrogens (tertiary/aromatic N) is 1. The second-order valence-corrected chi connectivity index (χ2v) is 10.5. The maximum absolute atomic E-state index is 12.9. The number of amides is 2. The molecule has 0 bridgehead atoms. The Balaban J connectivity index is 1.50. The summed E-state index contributed by atoms with van der Waals surface area (Å²) in [5, 5.41) is 6.74. The zero-order valence-electron chi connectivity index (χ0n) is 16.4. The van der Waals surface area contributed by atoms with Gasteiger partial charge in [0.1, 0.15) is 9.49 Å². The molecule has 1 heterocycles. The summed E-state index contributed by atoms with van der Waals surface area (Å²) in [4.78, 5) is 29.5. The highest BCUT2D eigenvalue weighted by atomic mass is 35.5. The van der Waals surface area contributed by atoms with Crippen molar-refractivity contribution in [2.24, 2.45) is 5.92 Å². The van der Waals surface area contributed by atoms with Crippen molar-refractivity contribution >= 4 is 92.8 Å². The molecule has 170 valence electrons. The van der Waals surface area contributed by atoms with Crippen LogP contribution in [0.5, 0.6) is 0 Å². The van der Waals surface area contributed by atoms with Crippen molar-refractivity contribution in [3.63, 3.8) is 0 Å². The Kier molecular flexibility index (Phi) is 7.02. The number of aromatic nitrogens is 1. The number of benzene rings is 2. The van der Waals surface area contributed by atoms with Gasteiger partial charge in [-0.2, -0.15) is 0 Å². The van der Waals surface area contributed by atoms with E-state index in [2.05, 4.69) is 15.6 Å². The summed E-state index contributed by atoms with van der Waals surface area (Å²) in [6.07, 6.45) is 1.41. The van der Waals surface area contributed by atoms with Gasteiger partial charge >= 0.3 is 0 Å². The van der Waals surface area contributed by atoms with Gasteiger partial charge in [-0.15, -0.1) is 23.2 Å². The third-order valence-electron chi connectivity index (χ3n) is 5.04. The molecule has 0 aliphatic heterocycles. The molecule has 5 nitrogen and oxygen atoms in total. The molecule has 1 aromatic heterocycles. The van der Waals surface area contributed by atoms with E-state index in [1.54, 1.807) is 36.4 Å². The van der Waals surface area contributed by atoms with Gasteiger partial charge in [0, 0.05) is 21.7 Å². The van der Waals surface area contributed by atoms with E-state index in [-0.39, 0.29) is 10.6 Å². The van der Waals surface area contributed by atoms with Crippen LogP contribution in [0.2, 0.25) is 20.2 Å². The fraction of sp³-hybridized carbons (Fsp3) is 0.136. The summed E-state index contributed by atoms with van der Waals surface area (Å²) >= 11 is 36.9. The molecule has 1 aliphatic rings. The molecule has 2 aromatic carbocycles. The lowest BCUT2D eigenvalue weighted by Gasteiger charge is -2.10. The molecule has 2 amide bonds. The Morgan fingerprint density at radius 3 is 2.15 bits per heavy atom. The summed E-state index contributed by atoms with van der Waals surface area (Å²) in [5.41, 5.74) is 1.60. The van der Waals surface area contributed by atoms with Crippen LogP contribution in [0.1, 0.15) is 21.8 Å². The topological polar surface area (TPSA) is 71.1 Å². The molecule has 0 radical (unpaired) electrons. The van der Waals surface area contributed by atoms with Gasteiger partial charge in [0.05, 0.1) is 28.4 Å². The lowest BCUT2D eigenvalue weighted by Crippen LogP contribution is -2.18. The van der Waals surface area contributed by atoms with Crippen LogP contribution in [0.25, 0.3) is 0 Å². The molecule has 1 fully saturated rings. The van der Waals surface area contributed by atoms with Crippen molar-refractivity contribution in [2.75, 3.05) is 10.6 Å².